The SMILES string of the molecule is NCc1cccc(NC(=O)[C@@H](NC(=O)OCc2ccccc2)c2ccc(Br)cc2)c1. The molecule has 0 aliphatic heterocycles. The molecule has 0 saturated heterocycles. The lowest BCUT2D eigenvalue weighted by atomic mass is 10.1. The molecule has 1 atom stereocenters. The van der Waals surface area contributed by atoms with Crippen molar-refractivity contribution in [2.45, 2.75) is 19.2 Å². The van der Waals surface area contributed by atoms with Gasteiger partial charge in [0.15, 0.2) is 0 Å². The van der Waals surface area contributed by atoms with Crippen LogP contribution in [0.4, 0.5) is 10.5 Å². The van der Waals surface area contributed by atoms with E-state index in [4.69, 9.17) is 10.5 Å². The van der Waals surface area contributed by atoms with Crippen molar-refractivity contribution in [2.75, 3.05) is 5.32 Å². The van der Waals surface area contributed by atoms with Crippen molar-refractivity contribution in [1.29, 1.82) is 0 Å². The van der Waals surface area contributed by atoms with Crippen LogP contribution in [0.15, 0.2) is 83.3 Å². The number of ether oxygens (including phenoxy) is 1. The molecule has 0 bridgehead atoms. The number of amides is 2. The predicted octanol–water partition coefficient (Wildman–Crippen LogP) is 4.51. The van der Waals surface area contributed by atoms with Crippen LogP contribution < -0.4 is 16.4 Å². The molecular formula is C23H22BrN3O3. The maximum absolute atomic E-state index is 13.0. The highest BCUT2D eigenvalue weighted by atomic mass is 79.9. The van der Waals surface area contributed by atoms with Gasteiger partial charge in [-0.1, -0.05) is 70.5 Å². The number of hydrogen-bond donors (Lipinski definition) is 3. The summed E-state index contributed by atoms with van der Waals surface area (Å²) in [4.78, 5) is 25.4. The third-order valence-electron chi connectivity index (χ3n) is 4.37. The highest BCUT2D eigenvalue weighted by Crippen LogP contribution is 2.20. The van der Waals surface area contributed by atoms with Gasteiger partial charge in [0.05, 0.1) is 0 Å². The van der Waals surface area contributed by atoms with Crippen LogP contribution in [0, 0.1) is 0 Å². The molecule has 0 aromatic heterocycles. The molecule has 0 spiro atoms. The number of rotatable bonds is 7. The second kappa shape index (κ2) is 10.6. The summed E-state index contributed by atoms with van der Waals surface area (Å²) in [6.07, 6.45) is -0.683. The number of carbonyl (C=O) groups excluding carboxylic acids is 2. The number of alkyl carbamates (subject to hydrolysis) is 1. The zero-order chi connectivity index (χ0) is 21.3. The Morgan fingerprint density at radius 3 is 2.33 bits per heavy atom. The summed E-state index contributed by atoms with van der Waals surface area (Å²) >= 11 is 3.38. The molecular weight excluding hydrogens is 446 g/mol. The first-order valence-electron chi connectivity index (χ1n) is 9.37. The maximum atomic E-state index is 13.0. The van der Waals surface area contributed by atoms with Crippen LogP contribution in [0.2, 0.25) is 0 Å². The fourth-order valence-electron chi connectivity index (χ4n) is 2.83. The van der Waals surface area contributed by atoms with E-state index in [0.717, 1.165) is 15.6 Å². The van der Waals surface area contributed by atoms with Crippen LogP contribution in [-0.2, 0) is 22.7 Å². The number of anilines is 1. The van der Waals surface area contributed by atoms with E-state index in [2.05, 4.69) is 26.6 Å². The minimum Gasteiger partial charge on any atom is -0.445 e. The Labute approximate surface area is 183 Å². The lowest BCUT2D eigenvalue weighted by Crippen LogP contribution is -2.37. The average molecular weight is 468 g/mol. The van der Waals surface area contributed by atoms with Gasteiger partial charge < -0.3 is 21.1 Å². The third-order valence-corrected chi connectivity index (χ3v) is 4.90. The molecule has 2 amide bonds. The molecule has 7 heteroatoms. The van der Waals surface area contributed by atoms with Crippen LogP contribution in [-0.4, -0.2) is 12.0 Å². The summed E-state index contributed by atoms with van der Waals surface area (Å²) in [6.45, 7) is 0.476. The Hall–Kier alpha value is -3.16. The molecule has 0 unspecified atom stereocenters. The number of carbonyl (C=O) groups is 2. The molecule has 0 aliphatic carbocycles. The van der Waals surface area contributed by atoms with Gasteiger partial charge in [-0.25, -0.2) is 4.79 Å². The van der Waals surface area contributed by atoms with Gasteiger partial charge in [0.1, 0.15) is 12.6 Å². The molecule has 154 valence electrons. The number of halogens is 1. The smallest absolute Gasteiger partial charge is 0.408 e. The van der Waals surface area contributed by atoms with Crippen LogP contribution >= 0.6 is 15.9 Å². The first-order valence-corrected chi connectivity index (χ1v) is 10.2. The van der Waals surface area contributed by atoms with Gasteiger partial charge in [0.2, 0.25) is 0 Å². The molecule has 3 aromatic carbocycles. The average Bonchev–Trinajstić information content (AvgIpc) is 2.77. The molecule has 0 fully saturated rings. The highest BCUT2D eigenvalue weighted by molar-refractivity contribution is 9.10. The number of nitrogens with two attached hydrogens (primary N) is 1. The summed E-state index contributed by atoms with van der Waals surface area (Å²) in [7, 11) is 0. The van der Waals surface area contributed by atoms with Gasteiger partial charge in [-0.05, 0) is 41.0 Å². The number of hydrogen-bond acceptors (Lipinski definition) is 4. The largest absolute Gasteiger partial charge is 0.445 e. The van der Waals surface area contributed by atoms with Crippen molar-refractivity contribution in [2.24, 2.45) is 5.73 Å². The van der Waals surface area contributed by atoms with Gasteiger partial charge in [-0.3, -0.25) is 4.79 Å². The molecule has 4 N–H and O–H groups in total. The summed E-state index contributed by atoms with van der Waals surface area (Å²) in [6, 6.07) is 22.8. The molecule has 0 saturated carbocycles. The van der Waals surface area contributed by atoms with Crippen LogP contribution in [0.5, 0.6) is 0 Å². The van der Waals surface area contributed by atoms with Crippen molar-refractivity contribution in [3.05, 3.63) is 100 Å². The fraction of sp³-hybridized carbons (Fsp3) is 0.130. The molecule has 0 aliphatic rings. The van der Waals surface area contributed by atoms with E-state index in [-0.39, 0.29) is 12.5 Å². The van der Waals surface area contributed by atoms with E-state index in [9.17, 15) is 9.59 Å². The lowest BCUT2D eigenvalue weighted by Gasteiger charge is -2.19. The molecule has 0 heterocycles. The van der Waals surface area contributed by atoms with Crippen molar-refractivity contribution < 1.29 is 14.3 Å². The fourth-order valence-corrected chi connectivity index (χ4v) is 3.09. The lowest BCUT2D eigenvalue weighted by molar-refractivity contribution is -0.118. The van der Waals surface area contributed by atoms with E-state index in [0.29, 0.717) is 17.8 Å². The van der Waals surface area contributed by atoms with Gasteiger partial charge in [0.25, 0.3) is 5.91 Å². The van der Waals surface area contributed by atoms with E-state index in [1.807, 2.05) is 54.6 Å². The van der Waals surface area contributed by atoms with Crippen molar-refractivity contribution in [1.82, 2.24) is 5.32 Å². The van der Waals surface area contributed by atoms with E-state index in [1.165, 1.54) is 0 Å². The zero-order valence-electron chi connectivity index (χ0n) is 16.2. The van der Waals surface area contributed by atoms with Gasteiger partial charge in [-0.15, -0.1) is 0 Å². The summed E-state index contributed by atoms with van der Waals surface area (Å²) < 4.78 is 6.15. The van der Waals surface area contributed by atoms with Crippen molar-refractivity contribution >= 4 is 33.6 Å². The van der Waals surface area contributed by atoms with Gasteiger partial charge in [-0.2, -0.15) is 0 Å². The third kappa shape index (κ3) is 6.17. The normalized spacial score (nSPS) is 11.4. The monoisotopic (exact) mass is 467 g/mol. The first kappa shape index (κ1) is 21.5. The number of benzene rings is 3. The summed E-state index contributed by atoms with van der Waals surface area (Å²) in [5.74, 6) is -0.386. The molecule has 3 aromatic rings. The minimum absolute atomic E-state index is 0.111. The second-order valence-corrected chi connectivity index (χ2v) is 7.50. The molecule has 6 nitrogen and oxygen atoms in total. The highest BCUT2D eigenvalue weighted by Gasteiger charge is 2.24. The first-order chi connectivity index (χ1) is 14.5. The van der Waals surface area contributed by atoms with Crippen molar-refractivity contribution in [3.8, 4) is 0 Å². The van der Waals surface area contributed by atoms with Gasteiger partial charge in [0, 0.05) is 16.7 Å². The quantitative estimate of drug-likeness (QED) is 0.476. The van der Waals surface area contributed by atoms with E-state index < -0.39 is 12.1 Å². The Bertz CT molecular complexity index is 994. The summed E-state index contributed by atoms with van der Waals surface area (Å²) in [5.41, 5.74) is 8.65. The van der Waals surface area contributed by atoms with Gasteiger partial charge >= 0.3 is 6.09 Å². The predicted molar refractivity (Wildman–Crippen MR) is 120 cm³/mol. The Morgan fingerprint density at radius 2 is 1.63 bits per heavy atom. The Kier molecular flexibility index (Phi) is 7.59. The second-order valence-electron chi connectivity index (χ2n) is 6.58. The van der Waals surface area contributed by atoms with E-state index >= 15 is 0 Å². The van der Waals surface area contributed by atoms with Crippen LogP contribution in [0.3, 0.4) is 0 Å². The van der Waals surface area contributed by atoms with E-state index in [1.54, 1.807) is 24.3 Å². The standard InChI is InChI=1S/C23H22BrN3O3/c24-19-11-9-18(10-12-19)21(22(28)26-20-8-4-7-17(13-20)14-25)27-23(29)30-15-16-5-2-1-3-6-16/h1-13,21H,14-15,25H2,(H,26,28)(H,27,29)/t21-/m0/s1. The van der Waals surface area contributed by atoms with Crippen molar-refractivity contribution in [3.63, 3.8) is 0 Å². The minimum atomic E-state index is -0.928. The molecule has 30 heavy (non-hydrogen) atoms. The molecule has 3 rings (SSSR count). The van der Waals surface area contributed by atoms with Crippen LogP contribution in [0.25, 0.3) is 0 Å². The maximum Gasteiger partial charge on any atom is 0.408 e. The Morgan fingerprint density at radius 1 is 0.933 bits per heavy atom. The number of nitrogens with one attached hydrogen (secondary N) is 2. The topological polar surface area (TPSA) is 93.5 Å². The van der Waals surface area contributed by atoms with Crippen LogP contribution in [0.1, 0.15) is 22.7 Å². The Balaban J connectivity index is 1.73. The molecule has 0 radical (unpaired) electrons. The summed E-state index contributed by atoms with van der Waals surface area (Å²) in [5, 5.41) is 5.49. The zero-order valence-corrected chi connectivity index (χ0v) is 17.8.